The summed E-state index contributed by atoms with van der Waals surface area (Å²) in [6, 6.07) is 4.08. The number of aliphatic hydroxyl groups excluding tert-OH is 1. The van der Waals surface area contributed by atoms with Crippen molar-refractivity contribution in [2.45, 2.75) is 103 Å². The summed E-state index contributed by atoms with van der Waals surface area (Å²) in [5, 5.41) is 22.2. The summed E-state index contributed by atoms with van der Waals surface area (Å²) in [5.41, 5.74) is 1.57. The number of hydrogen-bond donors (Lipinski definition) is 8. The van der Waals surface area contributed by atoms with Crippen molar-refractivity contribution in [2.24, 2.45) is 15.4 Å². The molecule has 70 heavy (non-hydrogen) atoms. The van der Waals surface area contributed by atoms with Crippen molar-refractivity contribution in [1.29, 1.82) is 0 Å². The van der Waals surface area contributed by atoms with E-state index in [-0.39, 0.29) is 48.1 Å². The maximum absolute atomic E-state index is 12.7. The van der Waals surface area contributed by atoms with Crippen molar-refractivity contribution in [2.75, 3.05) is 19.7 Å². The third kappa shape index (κ3) is 13.9. The number of unbranched alkanes of at least 4 members (excludes halogenated alkanes) is 2. The first-order valence-corrected chi connectivity index (χ1v) is 26.7. The number of pyridine rings is 1. The van der Waals surface area contributed by atoms with E-state index in [2.05, 4.69) is 72.8 Å². The van der Waals surface area contributed by atoms with Crippen molar-refractivity contribution in [3.63, 3.8) is 0 Å². The number of aliphatic hydroxyl groups is 1. The van der Waals surface area contributed by atoms with Crippen LogP contribution in [-0.2, 0) is 53.1 Å². The molecule has 1 fully saturated rings. The molecule has 1 amide bonds. The number of aromatic amines is 1. The third-order valence-electron chi connectivity index (χ3n) is 11.8. The maximum Gasteiger partial charge on any atom is 0.490 e. The highest BCUT2D eigenvalue weighted by Gasteiger charge is 2.44. The van der Waals surface area contributed by atoms with Gasteiger partial charge in [-0.25, -0.2) is 28.0 Å². The minimum Gasteiger partial charge on any atom is -0.481 e. The number of rotatable bonds is 23. The lowest BCUT2D eigenvalue weighted by atomic mass is 9.81. The first-order chi connectivity index (χ1) is 32.8. The highest BCUT2D eigenvalue weighted by molar-refractivity contribution is 7.66. The molecule has 0 bridgehead atoms. The zero-order valence-corrected chi connectivity index (χ0v) is 41.4. The molecule has 5 atom stereocenters. The van der Waals surface area contributed by atoms with Gasteiger partial charge in [-0.2, -0.15) is 8.62 Å². The number of hydrogen-bond acceptors (Lipinski definition) is 15. The normalized spacial score (nSPS) is 22.7. The molecule has 380 valence electrons. The van der Waals surface area contributed by atoms with Crippen molar-refractivity contribution in [1.82, 2.24) is 19.8 Å². The number of ether oxygens (including phenoxy) is 1. The number of carbonyl (C=O) groups excluding carboxylic acids is 1. The van der Waals surface area contributed by atoms with Crippen LogP contribution in [0.3, 0.4) is 0 Å². The van der Waals surface area contributed by atoms with Crippen LogP contribution in [0.4, 0.5) is 5.82 Å². The van der Waals surface area contributed by atoms with E-state index in [1.165, 1.54) is 12.2 Å². The van der Waals surface area contributed by atoms with Crippen LogP contribution >= 0.6 is 23.5 Å². The van der Waals surface area contributed by atoms with Crippen LogP contribution < -0.4 is 21.1 Å². The Balaban J connectivity index is 0.968. The molecule has 2 aromatic rings. The number of H-pyrrole nitrogens is 1. The topological polar surface area (TPSA) is 342 Å². The van der Waals surface area contributed by atoms with Gasteiger partial charge in [-0.1, -0.05) is 38.2 Å². The van der Waals surface area contributed by atoms with E-state index in [4.69, 9.17) is 29.6 Å². The molecule has 2 aromatic heterocycles. The number of nitrogens with zero attached hydrogens (tertiary/aromatic N) is 5. The first kappa shape index (κ1) is 54.3. The average molecular weight is 1040 g/mol. The maximum atomic E-state index is 12.7. The number of amides is 1. The molecule has 24 nitrogen and oxygen atoms in total. The smallest absolute Gasteiger partial charge is 0.481 e. The largest absolute Gasteiger partial charge is 0.490 e. The second kappa shape index (κ2) is 22.1. The summed E-state index contributed by atoms with van der Waals surface area (Å²) in [7, 11) is -16.9. The third-order valence-corrected chi connectivity index (χ3v) is 15.6. The Labute approximate surface area is 401 Å². The molecule has 0 radical (unpaired) electrons. The van der Waals surface area contributed by atoms with E-state index < -0.39 is 65.7 Å². The van der Waals surface area contributed by atoms with Gasteiger partial charge in [-0.15, -0.1) is 0 Å². The van der Waals surface area contributed by atoms with Gasteiger partial charge in [-0.05, 0) is 74.9 Å². The minimum atomic E-state index is -5.78. The van der Waals surface area contributed by atoms with Gasteiger partial charge in [0.25, 0.3) is 5.56 Å². The highest BCUT2D eigenvalue weighted by atomic mass is 31.3. The molecule has 0 saturated carbocycles. The Bertz CT molecular complexity index is 2840. The lowest BCUT2D eigenvalue weighted by Crippen LogP contribution is -2.35. The molecule has 0 spiro atoms. The fourth-order valence-electron chi connectivity index (χ4n) is 8.09. The van der Waals surface area contributed by atoms with Crippen molar-refractivity contribution in [3.8, 4) is 0 Å². The number of allylic oxidation sites excluding steroid dienone is 6. The summed E-state index contributed by atoms with van der Waals surface area (Å²) in [4.78, 5) is 99.6. The van der Waals surface area contributed by atoms with Gasteiger partial charge in [0, 0.05) is 55.7 Å². The molecule has 8 N–H and O–H groups in total. The number of phosphoric ester groups is 1. The second-order valence-corrected chi connectivity index (χ2v) is 22.2. The number of phosphoric acid groups is 3. The Morgan fingerprint density at radius 1 is 1.00 bits per heavy atom. The molecular formula is C43H57N7O17P3+. The highest BCUT2D eigenvalue weighted by Crippen LogP contribution is 2.66. The minimum absolute atomic E-state index is 0.0196. The number of aliphatic imine (C=N–C) groups is 2. The van der Waals surface area contributed by atoms with Crippen LogP contribution in [0.2, 0.25) is 0 Å². The monoisotopic (exact) mass is 1040 g/mol. The Morgan fingerprint density at radius 3 is 2.47 bits per heavy atom. The number of carboxylic acid groups (broad SMARTS) is 1. The summed E-state index contributed by atoms with van der Waals surface area (Å²) in [5.74, 6) is 0.700. The average Bonchev–Trinajstić information content (AvgIpc) is 3.84. The van der Waals surface area contributed by atoms with Crippen LogP contribution in [-0.4, -0.2) is 99.6 Å². The number of amidine groups is 1. The molecule has 27 heteroatoms. The number of carbonyl (C=O) groups is 2. The number of fused-ring (bicyclic) bond motifs is 2. The Hall–Kier alpha value is -5.06. The molecule has 0 aromatic carbocycles. The number of nitrogens with one attached hydrogen (secondary N) is 2. The van der Waals surface area contributed by atoms with E-state index in [0.717, 1.165) is 51.4 Å². The first-order valence-electron chi connectivity index (χ1n) is 22.1. The predicted octanol–water partition coefficient (Wildman–Crippen LogP) is 4.07. The van der Waals surface area contributed by atoms with E-state index >= 15 is 0 Å². The molecule has 1 saturated heterocycles. The van der Waals surface area contributed by atoms with Gasteiger partial charge in [0.1, 0.15) is 18.2 Å². The zero-order chi connectivity index (χ0) is 51.2. The molecular weight excluding hydrogens is 979 g/mol. The van der Waals surface area contributed by atoms with Crippen molar-refractivity contribution >= 4 is 58.8 Å². The molecule has 4 aliphatic rings. The molecule has 0 aliphatic carbocycles. The fraction of sp³-hybridized carbons (Fsp3) is 0.465. The molecule has 6 heterocycles. The van der Waals surface area contributed by atoms with Gasteiger partial charge < -0.3 is 44.7 Å². The van der Waals surface area contributed by atoms with Crippen LogP contribution in [0.25, 0.3) is 6.08 Å². The van der Waals surface area contributed by atoms with E-state index in [0.29, 0.717) is 32.4 Å². The van der Waals surface area contributed by atoms with E-state index in [1.807, 2.05) is 42.8 Å². The van der Waals surface area contributed by atoms with E-state index in [9.17, 15) is 47.8 Å². The number of carboxylic acids is 1. The van der Waals surface area contributed by atoms with Gasteiger partial charge >= 0.3 is 40.9 Å². The van der Waals surface area contributed by atoms with Gasteiger partial charge in [-0.3, -0.25) is 28.5 Å². The summed E-state index contributed by atoms with van der Waals surface area (Å²) in [6.45, 7) is 8.92. The summed E-state index contributed by atoms with van der Waals surface area (Å²) in [6.07, 6.45) is 16.6. The van der Waals surface area contributed by atoms with Gasteiger partial charge in [0.2, 0.25) is 5.91 Å². The standard InChI is InChI=1S/C43H56N7O17P3/c1-42(2)29-14-11-23-48(38(29)45-33(42)16-9-17-34-43(3,4)30-15-12-24-49(39(30)46-34)22-8-6-19-37(53)54)21-7-5-18-35(52)44-20-10-13-28-26-50(41(56)47-40(28)55)36-25-31(51)32(65-36)27-64-69(60,61)67-70(62,63)66-68(57,58)59/h9-17,23-24,26,31-32,36,51H,5-8,18-22,25,27H2,1-4H3,(H6-,44,47,52,53,54,55,56,57,58,59,60,61,62,63)/p+1/b13-10-/t31-,32+,36?/m0/s1. The quantitative estimate of drug-likeness (QED) is 0.0442. The van der Waals surface area contributed by atoms with Crippen LogP contribution in [0, 0.1) is 5.41 Å². The SMILES string of the molecule is CC1(C)C2=CC=CN(CCCCC(=O)NC/C=C\c3cn(C4C[C@H](O)[C@@H](COP(=O)(O)OP(=O)(O)OP(=O)(O)O)O4)c(=O)[nH]c3=O)C2=N/C1=C\C=C\C1=Nc2c(ccc[n+]2CCCCC(=O)O)C1(C)C. The summed E-state index contributed by atoms with van der Waals surface area (Å²) < 4.78 is 54.9. The van der Waals surface area contributed by atoms with Crippen LogP contribution in [0.15, 0.2) is 98.0 Å². The van der Waals surface area contributed by atoms with E-state index in [1.54, 1.807) is 0 Å². The fourth-order valence-corrected chi connectivity index (χ4v) is 11.1. The summed E-state index contributed by atoms with van der Waals surface area (Å²) >= 11 is 0. The second-order valence-electron chi connectivity index (χ2n) is 17.7. The number of aromatic nitrogens is 3. The zero-order valence-electron chi connectivity index (χ0n) is 38.7. The molecule has 4 aliphatic heterocycles. The lowest BCUT2D eigenvalue weighted by molar-refractivity contribution is -0.684. The molecule has 3 unspecified atom stereocenters. The number of aliphatic carboxylic acids is 1. The van der Waals surface area contributed by atoms with Crippen LogP contribution in [0.1, 0.15) is 90.0 Å². The van der Waals surface area contributed by atoms with Crippen molar-refractivity contribution in [3.05, 3.63) is 110 Å². The van der Waals surface area contributed by atoms with Gasteiger partial charge in [0.15, 0.2) is 5.71 Å². The molecule has 6 rings (SSSR count). The van der Waals surface area contributed by atoms with Crippen LogP contribution in [0.5, 0.6) is 0 Å². The Kier molecular flexibility index (Phi) is 17.2. The van der Waals surface area contributed by atoms with Gasteiger partial charge in [0.05, 0.1) is 47.7 Å². The number of aryl methyl sites for hydroxylation is 1. The lowest BCUT2D eigenvalue weighted by Gasteiger charge is -2.28. The Morgan fingerprint density at radius 2 is 1.74 bits per heavy atom. The van der Waals surface area contributed by atoms with Crippen molar-refractivity contribution < 1.29 is 75.5 Å². The predicted molar refractivity (Wildman–Crippen MR) is 252 cm³/mol.